The molecule has 2 atom stereocenters. The standard InChI is InChI=1S/C19H27N5/c1-20-19(24-12-14-6-2-3-7-15(14)13-24)21-11-10-18-22-16-8-4-5-9-17(16)23-18/h4-5,8-9,14-15H,2-3,6-7,10-13H2,1H3,(H,20,21)(H,22,23). The van der Waals surface area contributed by atoms with E-state index < -0.39 is 0 Å². The summed E-state index contributed by atoms with van der Waals surface area (Å²) in [5, 5.41) is 3.53. The molecule has 128 valence electrons. The van der Waals surface area contributed by atoms with E-state index in [4.69, 9.17) is 0 Å². The minimum atomic E-state index is 0.859. The molecule has 2 heterocycles. The van der Waals surface area contributed by atoms with Crippen LogP contribution in [0.2, 0.25) is 0 Å². The van der Waals surface area contributed by atoms with Crippen LogP contribution in [0.15, 0.2) is 29.3 Å². The van der Waals surface area contributed by atoms with E-state index in [-0.39, 0.29) is 0 Å². The van der Waals surface area contributed by atoms with Crippen molar-refractivity contribution in [2.75, 3.05) is 26.7 Å². The fourth-order valence-corrected chi connectivity index (χ4v) is 4.33. The molecule has 2 unspecified atom stereocenters. The zero-order valence-electron chi connectivity index (χ0n) is 14.5. The van der Waals surface area contributed by atoms with Gasteiger partial charge in [0.2, 0.25) is 0 Å². The van der Waals surface area contributed by atoms with Gasteiger partial charge in [-0.25, -0.2) is 4.98 Å². The minimum absolute atomic E-state index is 0.859. The van der Waals surface area contributed by atoms with Gasteiger partial charge in [-0.1, -0.05) is 25.0 Å². The lowest BCUT2D eigenvalue weighted by molar-refractivity contribution is 0.299. The number of aromatic amines is 1. The highest BCUT2D eigenvalue weighted by atomic mass is 15.3. The normalized spacial score (nSPS) is 24.4. The molecule has 1 saturated carbocycles. The topological polar surface area (TPSA) is 56.3 Å². The maximum Gasteiger partial charge on any atom is 0.193 e. The predicted octanol–water partition coefficient (Wildman–Crippen LogP) is 2.80. The number of imidazole rings is 1. The number of benzene rings is 1. The van der Waals surface area contributed by atoms with Crippen molar-refractivity contribution in [3.05, 3.63) is 30.1 Å². The molecule has 4 rings (SSSR count). The Bertz CT molecular complexity index is 672. The summed E-state index contributed by atoms with van der Waals surface area (Å²) in [4.78, 5) is 15.0. The summed E-state index contributed by atoms with van der Waals surface area (Å²) in [5.41, 5.74) is 2.15. The number of rotatable bonds is 3. The van der Waals surface area contributed by atoms with Crippen LogP contribution in [0, 0.1) is 11.8 Å². The van der Waals surface area contributed by atoms with Crippen molar-refractivity contribution in [3.8, 4) is 0 Å². The van der Waals surface area contributed by atoms with Gasteiger partial charge in [-0.3, -0.25) is 4.99 Å². The predicted molar refractivity (Wildman–Crippen MR) is 98.2 cm³/mol. The molecule has 0 radical (unpaired) electrons. The number of para-hydroxylation sites is 2. The van der Waals surface area contributed by atoms with E-state index >= 15 is 0 Å². The second-order valence-corrected chi connectivity index (χ2v) is 7.13. The summed E-state index contributed by atoms with van der Waals surface area (Å²) in [7, 11) is 1.89. The molecular weight excluding hydrogens is 298 g/mol. The van der Waals surface area contributed by atoms with Crippen molar-refractivity contribution in [2.45, 2.75) is 32.1 Å². The number of H-pyrrole nitrogens is 1. The average Bonchev–Trinajstić information content (AvgIpc) is 3.21. The summed E-state index contributed by atoms with van der Waals surface area (Å²) in [6.07, 6.45) is 6.50. The summed E-state index contributed by atoms with van der Waals surface area (Å²) in [6, 6.07) is 8.19. The lowest BCUT2D eigenvalue weighted by atomic mass is 9.82. The van der Waals surface area contributed by atoms with Gasteiger partial charge in [-0.05, 0) is 36.8 Å². The first-order chi connectivity index (χ1) is 11.8. The molecule has 0 bridgehead atoms. The van der Waals surface area contributed by atoms with E-state index in [9.17, 15) is 0 Å². The van der Waals surface area contributed by atoms with Crippen LogP contribution in [0.25, 0.3) is 11.0 Å². The number of fused-ring (bicyclic) bond motifs is 2. The van der Waals surface area contributed by atoms with E-state index in [1.165, 1.54) is 38.8 Å². The first-order valence-corrected chi connectivity index (χ1v) is 9.22. The smallest absolute Gasteiger partial charge is 0.193 e. The molecule has 2 aliphatic rings. The summed E-state index contributed by atoms with van der Waals surface area (Å²) in [5.74, 6) is 3.86. The monoisotopic (exact) mass is 325 g/mol. The Kier molecular flexibility index (Phi) is 4.41. The van der Waals surface area contributed by atoms with Crippen LogP contribution in [0.3, 0.4) is 0 Å². The summed E-state index contributed by atoms with van der Waals surface area (Å²) in [6.45, 7) is 3.21. The Balaban J connectivity index is 1.32. The van der Waals surface area contributed by atoms with Crippen molar-refractivity contribution in [3.63, 3.8) is 0 Å². The number of hydrogen-bond acceptors (Lipinski definition) is 2. The van der Waals surface area contributed by atoms with Crippen molar-refractivity contribution >= 4 is 17.0 Å². The second-order valence-electron chi connectivity index (χ2n) is 7.13. The maximum absolute atomic E-state index is 4.64. The van der Waals surface area contributed by atoms with Gasteiger partial charge in [-0.15, -0.1) is 0 Å². The van der Waals surface area contributed by atoms with Gasteiger partial charge in [0.1, 0.15) is 5.82 Å². The van der Waals surface area contributed by atoms with Gasteiger partial charge in [0.25, 0.3) is 0 Å². The number of nitrogens with zero attached hydrogens (tertiary/aromatic N) is 3. The number of likely N-dealkylation sites (tertiary alicyclic amines) is 1. The average molecular weight is 325 g/mol. The number of hydrogen-bond donors (Lipinski definition) is 2. The second kappa shape index (κ2) is 6.83. The van der Waals surface area contributed by atoms with E-state index in [0.717, 1.165) is 47.6 Å². The van der Waals surface area contributed by atoms with Crippen LogP contribution < -0.4 is 5.32 Å². The lowest BCUT2D eigenvalue weighted by Crippen LogP contribution is -2.41. The third kappa shape index (κ3) is 3.12. The van der Waals surface area contributed by atoms with Crippen LogP contribution in [0.5, 0.6) is 0 Å². The van der Waals surface area contributed by atoms with Gasteiger partial charge in [0.05, 0.1) is 11.0 Å². The van der Waals surface area contributed by atoms with Gasteiger partial charge in [0, 0.05) is 33.1 Å². The Labute approximate surface area is 143 Å². The van der Waals surface area contributed by atoms with E-state index in [2.05, 4.69) is 31.2 Å². The molecule has 1 aromatic heterocycles. The molecule has 2 fully saturated rings. The first kappa shape index (κ1) is 15.5. The highest BCUT2D eigenvalue weighted by Gasteiger charge is 2.35. The SMILES string of the molecule is CN=C(NCCc1nc2ccccc2[nH]1)N1CC2CCCCC2C1. The largest absolute Gasteiger partial charge is 0.356 e. The molecule has 2 aromatic rings. The van der Waals surface area contributed by atoms with Crippen LogP contribution >= 0.6 is 0 Å². The Morgan fingerprint density at radius 2 is 2.00 bits per heavy atom. The molecule has 1 aliphatic carbocycles. The Morgan fingerprint density at radius 1 is 1.25 bits per heavy atom. The fourth-order valence-electron chi connectivity index (χ4n) is 4.33. The Hall–Kier alpha value is -2.04. The fraction of sp³-hybridized carbons (Fsp3) is 0.579. The number of aromatic nitrogens is 2. The molecule has 1 aliphatic heterocycles. The molecule has 24 heavy (non-hydrogen) atoms. The number of aliphatic imine (C=N–C) groups is 1. The van der Waals surface area contributed by atoms with Crippen molar-refractivity contribution in [1.82, 2.24) is 20.2 Å². The quantitative estimate of drug-likeness (QED) is 0.674. The number of nitrogens with one attached hydrogen (secondary N) is 2. The zero-order chi connectivity index (χ0) is 16.4. The van der Waals surface area contributed by atoms with Gasteiger partial charge >= 0.3 is 0 Å². The van der Waals surface area contributed by atoms with Crippen LogP contribution in [-0.2, 0) is 6.42 Å². The molecule has 5 nitrogen and oxygen atoms in total. The Morgan fingerprint density at radius 3 is 2.71 bits per heavy atom. The van der Waals surface area contributed by atoms with E-state index in [1.54, 1.807) is 0 Å². The highest BCUT2D eigenvalue weighted by Crippen LogP contribution is 2.35. The third-order valence-electron chi connectivity index (χ3n) is 5.57. The van der Waals surface area contributed by atoms with E-state index in [0.29, 0.717) is 0 Å². The molecule has 5 heteroatoms. The van der Waals surface area contributed by atoms with Crippen LogP contribution in [-0.4, -0.2) is 47.5 Å². The molecule has 1 saturated heterocycles. The molecule has 2 N–H and O–H groups in total. The van der Waals surface area contributed by atoms with Gasteiger partial charge < -0.3 is 15.2 Å². The van der Waals surface area contributed by atoms with Crippen LogP contribution in [0.4, 0.5) is 0 Å². The lowest BCUT2D eigenvalue weighted by Gasteiger charge is -2.22. The van der Waals surface area contributed by atoms with Crippen molar-refractivity contribution in [2.24, 2.45) is 16.8 Å². The number of guanidine groups is 1. The molecular formula is C19H27N5. The van der Waals surface area contributed by atoms with Crippen LogP contribution in [0.1, 0.15) is 31.5 Å². The highest BCUT2D eigenvalue weighted by molar-refractivity contribution is 5.80. The molecule has 0 amide bonds. The molecule has 0 spiro atoms. The zero-order valence-corrected chi connectivity index (χ0v) is 14.5. The minimum Gasteiger partial charge on any atom is -0.356 e. The maximum atomic E-state index is 4.64. The van der Waals surface area contributed by atoms with Gasteiger partial charge in [0.15, 0.2) is 5.96 Å². The molecule has 1 aromatic carbocycles. The first-order valence-electron chi connectivity index (χ1n) is 9.22. The summed E-state index contributed by atoms with van der Waals surface area (Å²) >= 11 is 0. The van der Waals surface area contributed by atoms with Crippen molar-refractivity contribution < 1.29 is 0 Å². The van der Waals surface area contributed by atoms with E-state index in [1.807, 2.05) is 25.2 Å². The van der Waals surface area contributed by atoms with Crippen molar-refractivity contribution in [1.29, 1.82) is 0 Å². The third-order valence-corrected chi connectivity index (χ3v) is 5.57. The summed E-state index contributed by atoms with van der Waals surface area (Å²) < 4.78 is 0. The van der Waals surface area contributed by atoms with Gasteiger partial charge in [-0.2, -0.15) is 0 Å².